The van der Waals surface area contributed by atoms with Crippen LogP contribution in [0.25, 0.3) is 10.2 Å². The van der Waals surface area contributed by atoms with E-state index >= 15 is 0 Å². The van der Waals surface area contributed by atoms with Crippen LogP contribution in [-0.2, 0) is 4.79 Å². The quantitative estimate of drug-likeness (QED) is 0.513. The molecule has 0 unspecified atom stereocenters. The van der Waals surface area contributed by atoms with Crippen LogP contribution >= 0.6 is 34.7 Å². The minimum Gasteiger partial charge on any atom is -0.325 e. The number of carbonyl (C=O) groups is 1. The molecule has 0 aliphatic carbocycles. The summed E-state index contributed by atoms with van der Waals surface area (Å²) in [5, 5.41) is 5.48. The van der Waals surface area contributed by atoms with Crippen LogP contribution in [0.4, 0.5) is 5.69 Å². The van der Waals surface area contributed by atoms with Crippen LogP contribution in [0.15, 0.2) is 29.6 Å². The Morgan fingerprint density at radius 1 is 1.29 bits per heavy atom. The predicted molar refractivity (Wildman–Crippen MR) is 102 cm³/mol. The first-order chi connectivity index (χ1) is 11.5. The highest BCUT2D eigenvalue weighted by Crippen LogP contribution is 2.34. The third-order valence-corrected chi connectivity index (χ3v) is 6.07. The Labute approximate surface area is 153 Å². The highest BCUT2D eigenvalue weighted by atomic mass is 35.5. The third kappa shape index (κ3) is 3.55. The lowest BCUT2D eigenvalue weighted by molar-refractivity contribution is -0.113. The van der Waals surface area contributed by atoms with Crippen molar-refractivity contribution in [3.8, 4) is 0 Å². The molecule has 0 aliphatic rings. The van der Waals surface area contributed by atoms with Crippen molar-refractivity contribution in [2.75, 3.05) is 11.1 Å². The maximum absolute atomic E-state index is 12.2. The lowest BCUT2D eigenvalue weighted by Crippen LogP contribution is -2.15. The van der Waals surface area contributed by atoms with Gasteiger partial charge in [0, 0.05) is 21.0 Å². The van der Waals surface area contributed by atoms with Gasteiger partial charge in [-0.15, -0.1) is 11.3 Å². The first-order valence-electron chi connectivity index (χ1n) is 7.35. The number of thioether (sulfide) groups is 1. The summed E-state index contributed by atoms with van der Waals surface area (Å²) < 4.78 is 0. The van der Waals surface area contributed by atoms with Gasteiger partial charge < -0.3 is 5.32 Å². The number of hydrogen-bond acceptors (Lipinski definition) is 5. The lowest BCUT2D eigenvalue weighted by Gasteiger charge is -2.08. The van der Waals surface area contributed by atoms with Crippen LogP contribution in [0.1, 0.15) is 16.0 Å². The zero-order chi connectivity index (χ0) is 17.3. The number of amides is 1. The van der Waals surface area contributed by atoms with Gasteiger partial charge in [-0.2, -0.15) is 0 Å². The number of aromatic nitrogens is 2. The molecule has 3 aromatic rings. The van der Waals surface area contributed by atoms with Crippen molar-refractivity contribution in [1.82, 2.24) is 9.97 Å². The summed E-state index contributed by atoms with van der Waals surface area (Å²) in [5.41, 5.74) is 2.90. The monoisotopic (exact) mass is 377 g/mol. The number of halogens is 1. The lowest BCUT2D eigenvalue weighted by atomic mass is 10.2. The highest BCUT2D eigenvalue weighted by molar-refractivity contribution is 8.00. The number of nitrogens with one attached hydrogen (secondary N) is 1. The molecule has 7 heteroatoms. The largest absolute Gasteiger partial charge is 0.325 e. The number of hydrogen-bond donors (Lipinski definition) is 1. The normalized spacial score (nSPS) is 11.0. The van der Waals surface area contributed by atoms with E-state index in [1.807, 2.05) is 19.1 Å². The summed E-state index contributed by atoms with van der Waals surface area (Å²) in [5.74, 6) is 0.226. The van der Waals surface area contributed by atoms with E-state index in [9.17, 15) is 4.79 Å². The second kappa shape index (κ2) is 7.09. The van der Waals surface area contributed by atoms with Crippen LogP contribution in [0.5, 0.6) is 0 Å². The van der Waals surface area contributed by atoms with E-state index in [4.69, 9.17) is 11.6 Å². The molecule has 0 saturated carbocycles. The van der Waals surface area contributed by atoms with Crippen molar-refractivity contribution >= 4 is 56.5 Å². The fourth-order valence-electron chi connectivity index (χ4n) is 2.35. The molecule has 2 heterocycles. The van der Waals surface area contributed by atoms with Gasteiger partial charge in [-0.1, -0.05) is 23.4 Å². The molecule has 0 bridgehead atoms. The standard InChI is InChI=1S/C17H16ClN3OS2/c1-9-6-12(18)4-5-13(9)21-14(22)7-23-16-15-10(2)11(3)24-17(15)20-8-19-16/h4-6,8H,7H2,1-3H3,(H,21,22). The van der Waals surface area contributed by atoms with Gasteiger partial charge in [0.2, 0.25) is 5.91 Å². The molecule has 1 N–H and O–H groups in total. The Morgan fingerprint density at radius 3 is 2.83 bits per heavy atom. The van der Waals surface area contributed by atoms with Gasteiger partial charge in [-0.05, 0) is 50.1 Å². The summed E-state index contributed by atoms with van der Waals surface area (Å²) in [6, 6.07) is 5.41. The third-order valence-electron chi connectivity index (χ3n) is 3.73. The molecule has 3 rings (SSSR count). The van der Waals surface area contributed by atoms with E-state index in [0.717, 1.165) is 26.5 Å². The second-order valence-corrected chi connectivity index (χ2v) is 8.04. The molecule has 0 radical (unpaired) electrons. The Balaban J connectivity index is 1.73. The van der Waals surface area contributed by atoms with Gasteiger partial charge in [0.05, 0.1) is 5.75 Å². The summed E-state index contributed by atoms with van der Waals surface area (Å²) in [7, 11) is 0. The fraction of sp³-hybridized carbons (Fsp3) is 0.235. The van der Waals surface area contributed by atoms with E-state index in [1.165, 1.54) is 22.2 Å². The van der Waals surface area contributed by atoms with Crippen molar-refractivity contribution in [1.29, 1.82) is 0 Å². The average Bonchev–Trinajstić information content (AvgIpc) is 2.83. The second-order valence-electron chi connectivity index (χ2n) is 5.44. The van der Waals surface area contributed by atoms with Crippen LogP contribution in [-0.4, -0.2) is 21.6 Å². The molecule has 0 spiro atoms. The van der Waals surface area contributed by atoms with E-state index in [1.54, 1.807) is 23.7 Å². The Hall–Kier alpha value is -1.63. The summed E-state index contributed by atoms with van der Waals surface area (Å²) >= 11 is 9.02. The van der Waals surface area contributed by atoms with Gasteiger partial charge >= 0.3 is 0 Å². The van der Waals surface area contributed by atoms with Crippen LogP contribution < -0.4 is 5.32 Å². The van der Waals surface area contributed by atoms with E-state index in [2.05, 4.69) is 29.1 Å². The predicted octanol–water partition coefficient (Wildman–Crippen LogP) is 5.00. The van der Waals surface area contributed by atoms with Crippen LogP contribution in [0, 0.1) is 20.8 Å². The van der Waals surface area contributed by atoms with Crippen molar-refractivity contribution in [3.63, 3.8) is 0 Å². The molecular weight excluding hydrogens is 362 g/mol. The zero-order valence-corrected chi connectivity index (χ0v) is 15.9. The molecule has 2 aromatic heterocycles. The Morgan fingerprint density at radius 2 is 2.08 bits per heavy atom. The minimum absolute atomic E-state index is 0.0678. The first kappa shape index (κ1) is 17.2. The van der Waals surface area contributed by atoms with Crippen molar-refractivity contribution in [3.05, 3.63) is 45.6 Å². The molecule has 0 saturated heterocycles. The fourth-order valence-corrected chi connectivity index (χ4v) is 4.49. The maximum Gasteiger partial charge on any atom is 0.234 e. The molecule has 0 atom stereocenters. The number of rotatable bonds is 4. The molecule has 1 amide bonds. The molecule has 1 aromatic carbocycles. The Kier molecular flexibility index (Phi) is 5.08. The van der Waals surface area contributed by atoms with Crippen molar-refractivity contribution < 1.29 is 4.79 Å². The summed E-state index contributed by atoms with van der Waals surface area (Å²) in [4.78, 5) is 23.1. The van der Waals surface area contributed by atoms with Gasteiger partial charge in [0.1, 0.15) is 16.2 Å². The molecule has 4 nitrogen and oxygen atoms in total. The van der Waals surface area contributed by atoms with Gasteiger partial charge in [0.25, 0.3) is 0 Å². The number of carbonyl (C=O) groups excluding carboxylic acids is 1. The number of aryl methyl sites for hydroxylation is 3. The smallest absolute Gasteiger partial charge is 0.234 e. The number of nitrogens with zero attached hydrogens (tertiary/aromatic N) is 2. The molecule has 24 heavy (non-hydrogen) atoms. The Bertz CT molecular complexity index is 924. The first-order valence-corrected chi connectivity index (χ1v) is 9.53. The van der Waals surface area contributed by atoms with E-state index < -0.39 is 0 Å². The minimum atomic E-state index is -0.0678. The van der Waals surface area contributed by atoms with Gasteiger partial charge in [-0.25, -0.2) is 9.97 Å². The number of anilines is 1. The van der Waals surface area contributed by atoms with E-state index in [0.29, 0.717) is 10.8 Å². The molecule has 0 aliphatic heterocycles. The number of fused-ring (bicyclic) bond motifs is 1. The summed E-state index contributed by atoms with van der Waals surface area (Å²) in [6.45, 7) is 6.06. The number of thiophene rings is 1. The average molecular weight is 378 g/mol. The van der Waals surface area contributed by atoms with Crippen LogP contribution in [0.3, 0.4) is 0 Å². The maximum atomic E-state index is 12.2. The summed E-state index contributed by atoms with van der Waals surface area (Å²) in [6.07, 6.45) is 1.56. The van der Waals surface area contributed by atoms with Crippen molar-refractivity contribution in [2.45, 2.75) is 25.8 Å². The van der Waals surface area contributed by atoms with E-state index in [-0.39, 0.29) is 5.91 Å². The van der Waals surface area contributed by atoms with Crippen LogP contribution in [0.2, 0.25) is 5.02 Å². The van der Waals surface area contributed by atoms with Gasteiger partial charge in [0.15, 0.2) is 0 Å². The SMILES string of the molecule is Cc1cc(Cl)ccc1NC(=O)CSc1ncnc2sc(C)c(C)c12. The van der Waals surface area contributed by atoms with Gasteiger partial charge in [-0.3, -0.25) is 4.79 Å². The number of benzene rings is 1. The zero-order valence-electron chi connectivity index (χ0n) is 13.5. The molecule has 0 fully saturated rings. The molecular formula is C17H16ClN3OS2. The molecule has 124 valence electrons. The topological polar surface area (TPSA) is 54.9 Å². The van der Waals surface area contributed by atoms with Crippen molar-refractivity contribution in [2.24, 2.45) is 0 Å². The highest BCUT2D eigenvalue weighted by Gasteiger charge is 2.14.